The monoisotopic (exact) mass is 1120 g/mol. The van der Waals surface area contributed by atoms with Crippen LogP contribution >= 0.6 is 0 Å². The zero-order valence-electron chi connectivity index (χ0n) is 46.3. The van der Waals surface area contributed by atoms with Gasteiger partial charge in [-0.05, 0) is 107 Å². The van der Waals surface area contributed by atoms with Crippen LogP contribution in [0.4, 0.5) is 17.1 Å². The summed E-state index contributed by atoms with van der Waals surface area (Å²) in [4.78, 5) is 26.6. The molecule has 0 aliphatic carbocycles. The van der Waals surface area contributed by atoms with Gasteiger partial charge in [0.05, 0.1) is 88.6 Å². The van der Waals surface area contributed by atoms with Crippen molar-refractivity contribution in [3.05, 3.63) is 287 Å². The third-order valence-electron chi connectivity index (χ3n) is 16.0. The average molecular weight is 1120 g/mol. The SMILES string of the molecule is [C-]#[N+]c1cc(C#N)c(-c2ccc3c(c2)c2ccccc2n3-c2cc(-c3ccccc3C#N)ccc2-c2cc(-c3nc(-c4ccccc4)nc(-c4ccccc4)n3)ccc2-n2c3ccccc3c3cc(-c4c(C#N)cc(C#N)cc4[N+]#[C-])ccc32)c([N+]#[C-])c1. The zero-order chi connectivity index (χ0) is 60.0. The fourth-order valence-electron chi connectivity index (χ4n) is 12.1. The lowest BCUT2D eigenvalue weighted by Crippen LogP contribution is -2.04. The van der Waals surface area contributed by atoms with Crippen molar-refractivity contribution >= 4 is 60.7 Å². The van der Waals surface area contributed by atoms with Gasteiger partial charge in [-0.2, -0.15) is 21.0 Å². The van der Waals surface area contributed by atoms with Crippen molar-refractivity contribution in [3.63, 3.8) is 0 Å². The lowest BCUT2D eigenvalue weighted by Gasteiger charge is -2.21. The van der Waals surface area contributed by atoms with Gasteiger partial charge < -0.3 is 9.13 Å². The Kier molecular flexibility index (Phi) is 12.9. The lowest BCUT2D eigenvalue weighted by atomic mass is 9.93. The van der Waals surface area contributed by atoms with Gasteiger partial charge in [0.2, 0.25) is 0 Å². The molecule has 0 unspecified atom stereocenters. The summed E-state index contributed by atoms with van der Waals surface area (Å²) in [5.41, 5.74) is 14.3. The van der Waals surface area contributed by atoms with E-state index in [0.717, 1.165) is 88.4 Å². The number of para-hydroxylation sites is 2. The van der Waals surface area contributed by atoms with Crippen LogP contribution in [0.3, 0.4) is 0 Å². The van der Waals surface area contributed by atoms with Gasteiger partial charge in [-0.25, -0.2) is 29.5 Å². The van der Waals surface area contributed by atoms with E-state index in [0.29, 0.717) is 50.9 Å². The maximum Gasteiger partial charge on any atom is 0.197 e. The van der Waals surface area contributed by atoms with Gasteiger partial charge >= 0.3 is 0 Å². The van der Waals surface area contributed by atoms with Crippen LogP contribution in [0.5, 0.6) is 0 Å². The highest BCUT2D eigenvalue weighted by Crippen LogP contribution is 2.47. The molecule has 0 saturated carbocycles. The predicted octanol–water partition coefficient (Wildman–Crippen LogP) is 18.9. The summed E-state index contributed by atoms with van der Waals surface area (Å²) in [6.45, 7) is 24.0. The molecule has 14 rings (SSSR count). The molecule has 0 radical (unpaired) electrons. The first-order valence-electron chi connectivity index (χ1n) is 27.7. The van der Waals surface area contributed by atoms with Gasteiger partial charge in [-0.3, -0.25) is 0 Å². The molecule has 0 aliphatic rings. The molecule has 0 bridgehead atoms. The minimum absolute atomic E-state index is 0.200. The van der Waals surface area contributed by atoms with Crippen molar-refractivity contribution in [2.24, 2.45) is 0 Å². The highest BCUT2D eigenvalue weighted by Gasteiger charge is 2.26. The summed E-state index contributed by atoms with van der Waals surface area (Å²) in [5, 5.41) is 44.9. The number of hydrogen-bond acceptors (Lipinski definition) is 7. The molecule has 0 spiro atoms. The molecule has 88 heavy (non-hydrogen) atoms. The first-order chi connectivity index (χ1) is 43.3. The Bertz CT molecular complexity index is 5480. The zero-order valence-corrected chi connectivity index (χ0v) is 46.3. The quantitative estimate of drug-likeness (QED) is 0.130. The van der Waals surface area contributed by atoms with E-state index in [4.69, 9.17) is 34.7 Å². The largest absolute Gasteiger partial charge is 0.309 e. The van der Waals surface area contributed by atoms with Crippen LogP contribution in [0.2, 0.25) is 0 Å². The van der Waals surface area contributed by atoms with Crippen LogP contribution in [0.25, 0.3) is 148 Å². The van der Waals surface area contributed by atoms with E-state index in [2.05, 4.69) is 96.5 Å². The third kappa shape index (κ3) is 8.77. The lowest BCUT2D eigenvalue weighted by molar-refractivity contribution is 1.07. The third-order valence-corrected chi connectivity index (χ3v) is 16.0. The smallest absolute Gasteiger partial charge is 0.197 e. The average Bonchev–Trinajstić information content (AvgIpc) is 1.73. The minimum Gasteiger partial charge on any atom is -0.309 e. The second-order valence-electron chi connectivity index (χ2n) is 20.8. The summed E-state index contributed by atoms with van der Waals surface area (Å²) in [6, 6.07) is 82.9. The van der Waals surface area contributed by atoms with Gasteiger partial charge in [-0.1, -0.05) is 146 Å². The molecule has 0 aliphatic heterocycles. The fourth-order valence-corrected chi connectivity index (χ4v) is 12.1. The topological polar surface area (TPSA) is 157 Å². The van der Waals surface area contributed by atoms with E-state index >= 15 is 0 Å². The fraction of sp³-hybridized carbons (Fsp3) is 0. The summed E-state index contributed by atoms with van der Waals surface area (Å²) in [7, 11) is 0. The van der Waals surface area contributed by atoms with Crippen molar-refractivity contribution in [2.45, 2.75) is 0 Å². The summed E-state index contributed by atoms with van der Waals surface area (Å²) >= 11 is 0. The van der Waals surface area contributed by atoms with E-state index in [1.807, 2.05) is 158 Å². The molecular formula is C76H38N12. The molecule has 0 N–H and O–H groups in total. The van der Waals surface area contributed by atoms with Crippen LogP contribution in [0, 0.1) is 65.0 Å². The van der Waals surface area contributed by atoms with E-state index < -0.39 is 0 Å². The highest BCUT2D eigenvalue weighted by atomic mass is 15.0. The van der Waals surface area contributed by atoms with Crippen molar-refractivity contribution in [1.82, 2.24) is 24.1 Å². The molecule has 0 saturated heterocycles. The second-order valence-corrected chi connectivity index (χ2v) is 20.8. The first-order valence-corrected chi connectivity index (χ1v) is 27.7. The van der Waals surface area contributed by atoms with Crippen LogP contribution in [0.1, 0.15) is 22.3 Å². The maximum atomic E-state index is 10.6. The molecule has 3 heterocycles. The molecule has 12 heteroatoms. The number of fused-ring (bicyclic) bond motifs is 6. The number of aromatic nitrogens is 5. The number of hydrogen-bond donors (Lipinski definition) is 0. The van der Waals surface area contributed by atoms with E-state index in [-0.39, 0.29) is 33.8 Å². The van der Waals surface area contributed by atoms with E-state index in [1.165, 1.54) is 24.3 Å². The second kappa shape index (κ2) is 21.7. The Morgan fingerprint density at radius 3 is 1.38 bits per heavy atom. The Labute approximate surface area is 504 Å². The Morgan fingerprint density at radius 2 is 0.807 bits per heavy atom. The first kappa shape index (κ1) is 52.5. The van der Waals surface area contributed by atoms with E-state index in [1.54, 1.807) is 0 Å². The normalized spacial score (nSPS) is 10.9. The summed E-state index contributed by atoms with van der Waals surface area (Å²) in [6.07, 6.45) is 0. The minimum atomic E-state index is 0.200. The van der Waals surface area contributed by atoms with Crippen LogP contribution in [-0.4, -0.2) is 24.1 Å². The summed E-state index contributed by atoms with van der Waals surface area (Å²) < 4.78 is 4.45. The number of nitriles is 4. The number of benzene rings is 11. The van der Waals surface area contributed by atoms with Crippen LogP contribution < -0.4 is 0 Å². The highest BCUT2D eigenvalue weighted by molar-refractivity contribution is 6.14. The molecule has 402 valence electrons. The van der Waals surface area contributed by atoms with Crippen LogP contribution in [-0.2, 0) is 0 Å². The van der Waals surface area contributed by atoms with Crippen molar-refractivity contribution < 1.29 is 0 Å². The number of rotatable bonds is 9. The number of nitrogens with zero attached hydrogens (tertiary/aromatic N) is 12. The van der Waals surface area contributed by atoms with Crippen LogP contribution in [0.15, 0.2) is 231 Å². The Balaban J connectivity index is 1.09. The maximum absolute atomic E-state index is 10.6. The van der Waals surface area contributed by atoms with Crippen molar-refractivity contribution in [1.29, 1.82) is 21.0 Å². The van der Waals surface area contributed by atoms with Gasteiger partial charge in [-0.15, -0.1) is 0 Å². The molecule has 0 atom stereocenters. The molecular weight excluding hydrogens is 1080 g/mol. The van der Waals surface area contributed by atoms with Crippen molar-refractivity contribution in [2.75, 3.05) is 0 Å². The van der Waals surface area contributed by atoms with Crippen molar-refractivity contribution in [3.8, 4) is 114 Å². The predicted molar refractivity (Wildman–Crippen MR) is 344 cm³/mol. The summed E-state index contributed by atoms with van der Waals surface area (Å²) in [5.74, 6) is 1.43. The molecule has 11 aromatic carbocycles. The Hall–Kier alpha value is -13.5. The standard InChI is InChI=1S/C76H38N12/c1-81-56-36-55(45-80)73(65(41-56)83-3)51-28-32-70-62(38-51)59-23-13-15-25-67(59)88(70)71-40-49(57-21-11-10-20-53(57)43-78)26-30-60(71)63-39-52(76-85-74(47-16-6-4-7-17-47)84-75(86-76)48-18-8-5-9-19-48)29-33-69(63)87-66-24-14-12-22-58(66)61-37-50(27-31-68(61)87)72-54(44-79)34-46(42-77)35-64(72)82-2/h4-41H. The molecule has 12 nitrogen and oxygen atoms in total. The van der Waals surface area contributed by atoms with E-state index in [9.17, 15) is 21.0 Å². The molecule has 0 amide bonds. The molecule has 0 fully saturated rings. The molecule has 3 aromatic heterocycles. The Morgan fingerprint density at radius 1 is 0.318 bits per heavy atom. The van der Waals surface area contributed by atoms with Gasteiger partial charge in [0.25, 0.3) is 0 Å². The van der Waals surface area contributed by atoms with Gasteiger partial charge in [0.1, 0.15) is 0 Å². The molecule has 14 aromatic rings. The van der Waals surface area contributed by atoms with Gasteiger partial charge in [0.15, 0.2) is 34.5 Å². The van der Waals surface area contributed by atoms with Gasteiger partial charge in [0, 0.05) is 71.6 Å².